The monoisotopic (exact) mass is 651 g/mol. The van der Waals surface area contributed by atoms with Gasteiger partial charge in [-0.1, -0.05) is 11.8 Å². The summed E-state index contributed by atoms with van der Waals surface area (Å²) in [5.74, 6) is 5.30. The maximum absolute atomic E-state index is 14.7. The fourth-order valence-electron chi connectivity index (χ4n) is 7.27. The molecule has 2 aliphatic heterocycles. The van der Waals surface area contributed by atoms with E-state index in [1.165, 1.54) is 25.3 Å². The van der Waals surface area contributed by atoms with Crippen molar-refractivity contribution in [1.29, 1.82) is 0 Å². The number of anilines is 1. The summed E-state index contributed by atoms with van der Waals surface area (Å²) in [6.45, 7) is 3.34. The van der Waals surface area contributed by atoms with Gasteiger partial charge < -0.3 is 34.1 Å². The Kier molecular flexibility index (Phi) is 6.75. The summed E-state index contributed by atoms with van der Waals surface area (Å²) < 4.78 is 28.5. The molecule has 0 aromatic heterocycles. The Morgan fingerprint density at radius 1 is 0.854 bits per heavy atom. The van der Waals surface area contributed by atoms with E-state index in [9.17, 15) is 33.9 Å². The molecule has 2 N–H and O–H groups in total. The van der Waals surface area contributed by atoms with Crippen molar-refractivity contribution in [1.82, 2.24) is 0 Å². The lowest BCUT2D eigenvalue weighted by molar-refractivity contribution is -0.134. The minimum absolute atomic E-state index is 0.0510. The lowest BCUT2D eigenvalue weighted by atomic mass is 9.63. The van der Waals surface area contributed by atoms with Crippen LogP contribution in [0.1, 0.15) is 77.4 Å². The van der Waals surface area contributed by atoms with Crippen LogP contribution in [0.25, 0.3) is 0 Å². The lowest BCUT2D eigenvalue weighted by Gasteiger charge is -2.41. The Hall–Kier alpha value is -5.92. The first kappa shape index (κ1) is 30.7. The highest BCUT2D eigenvalue weighted by Gasteiger charge is 2.82. The maximum atomic E-state index is 14.7. The number of aliphatic carboxylic acids is 1. The second kappa shape index (κ2) is 10.6. The van der Waals surface area contributed by atoms with Gasteiger partial charge in [0, 0.05) is 45.6 Å². The van der Waals surface area contributed by atoms with Crippen molar-refractivity contribution in [2.24, 2.45) is 5.92 Å². The van der Waals surface area contributed by atoms with Gasteiger partial charge in [0.2, 0.25) is 11.6 Å². The van der Waals surface area contributed by atoms with Crippen molar-refractivity contribution < 1.29 is 57.6 Å². The molecule has 13 nitrogen and oxygen atoms in total. The number of methoxy groups -OCH3 is 1. The standard InChI is InChI=1S/C35H25NO12/c1-15(37)45-21-11-12-22(46-16(2)38)26-25(21)30(40)27-23(47-17(3)39)13-20-29(28(27)31(26)41)36-24-10-8-6-5-7-9-19-32(44-4)18(33(42)43)14-34(24)35(19,20)48-34/h11-13,19,24,36H,5-6,14H2,1-4H3,(H,42,43). The smallest absolute Gasteiger partial charge is 0.335 e. The first-order valence-corrected chi connectivity index (χ1v) is 14.8. The Labute approximate surface area is 272 Å². The number of carbonyl (C=O) groups excluding carboxylic acids is 5. The van der Waals surface area contributed by atoms with E-state index < -0.39 is 58.6 Å². The van der Waals surface area contributed by atoms with Crippen molar-refractivity contribution in [2.75, 3.05) is 12.4 Å². The molecule has 2 aromatic rings. The average molecular weight is 652 g/mol. The summed E-state index contributed by atoms with van der Waals surface area (Å²) in [5, 5.41) is 13.4. The van der Waals surface area contributed by atoms with E-state index in [1.54, 1.807) is 0 Å². The fourth-order valence-corrected chi connectivity index (χ4v) is 7.27. The molecule has 1 saturated heterocycles. The molecule has 5 aliphatic rings. The summed E-state index contributed by atoms with van der Waals surface area (Å²) in [6.07, 6.45) is 0.625. The first-order valence-electron chi connectivity index (χ1n) is 14.8. The molecular formula is C35H25NO12. The molecule has 4 atom stereocenters. The van der Waals surface area contributed by atoms with Crippen LogP contribution < -0.4 is 19.5 Å². The Morgan fingerprint density at radius 2 is 1.40 bits per heavy atom. The number of ketones is 2. The van der Waals surface area contributed by atoms with Crippen molar-refractivity contribution >= 4 is 41.1 Å². The van der Waals surface area contributed by atoms with E-state index in [2.05, 4.69) is 29.0 Å². The highest BCUT2D eigenvalue weighted by atomic mass is 16.6. The molecule has 2 heterocycles. The van der Waals surface area contributed by atoms with Crippen LogP contribution in [0.5, 0.6) is 17.2 Å². The largest absolute Gasteiger partial charge is 0.499 e. The van der Waals surface area contributed by atoms with Gasteiger partial charge in [0.25, 0.3) is 0 Å². The number of ether oxygens (including phenoxy) is 5. The lowest BCUT2D eigenvalue weighted by Crippen LogP contribution is -2.51. The molecule has 4 unspecified atom stereocenters. The number of carboxylic acid groups (broad SMARTS) is 1. The molecule has 3 aliphatic carbocycles. The number of rotatable bonds is 5. The van der Waals surface area contributed by atoms with Crippen LogP contribution in [0.4, 0.5) is 5.69 Å². The third-order valence-corrected chi connectivity index (χ3v) is 8.93. The van der Waals surface area contributed by atoms with Gasteiger partial charge in [-0.05, 0) is 18.2 Å². The van der Waals surface area contributed by atoms with Crippen molar-refractivity contribution in [3.63, 3.8) is 0 Å². The topological polar surface area (TPSA) is 184 Å². The van der Waals surface area contributed by atoms with Gasteiger partial charge >= 0.3 is 23.9 Å². The second-order valence-electron chi connectivity index (χ2n) is 11.7. The zero-order valence-corrected chi connectivity index (χ0v) is 25.9. The number of esters is 3. The van der Waals surface area contributed by atoms with Crippen LogP contribution in [-0.2, 0) is 34.3 Å². The predicted octanol–water partition coefficient (Wildman–Crippen LogP) is 2.80. The zero-order valence-electron chi connectivity index (χ0n) is 25.9. The van der Waals surface area contributed by atoms with Crippen LogP contribution in [0.2, 0.25) is 0 Å². The van der Waals surface area contributed by atoms with Gasteiger partial charge in [-0.2, -0.15) is 0 Å². The van der Waals surface area contributed by atoms with Gasteiger partial charge in [-0.25, -0.2) is 4.79 Å². The van der Waals surface area contributed by atoms with E-state index >= 15 is 0 Å². The van der Waals surface area contributed by atoms with E-state index in [1.807, 2.05) is 0 Å². The normalized spacial score (nSPS) is 25.1. The third-order valence-electron chi connectivity index (χ3n) is 8.93. The number of carbonyl (C=O) groups is 6. The number of nitrogens with one attached hydrogen (secondary N) is 1. The average Bonchev–Trinajstić information content (AvgIpc) is 3.72. The van der Waals surface area contributed by atoms with Crippen molar-refractivity contribution in [3.8, 4) is 40.9 Å². The highest BCUT2D eigenvalue weighted by Crippen LogP contribution is 2.73. The van der Waals surface area contributed by atoms with Crippen molar-refractivity contribution in [2.45, 2.75) is 57.3 Å². The number of hydrogen-bond acceptors (Lipinski definition) is 12. The summed E-state index contributed by atoms with van der Waals surface area (Å²) >= 11 is 0. The van der Waals surface area contributed by atoms with Gasteiger partial charge in [-0.15, -0.1) is 11.8 Å². The van der Waals surface area contributed by atoms with Crippen LogP contribution in [0.15, 0.2) is 29.5 Å². The molecule has 1 fully saturated rings. The number of hydrogen-bond donors (Lipinski definition) is 2. The minimum Gasteiger partial charge on any atom is -0.499 e. The molecule has 0 spiro atoms. The number of benzene rings is 2. The summed E-state index contributed by atoms with van der Waals surface area (Å²) in [4.78, 5) is 78.3. The molecule has 0 radical (unpaired) electrons. The van der Waals surface area contributed by atoms with E-state index in [4.69, 9.17) is 23.7 Å². The summed E-state index contributed by atoms with van der Waals surface area (Å²) in [6, 6.07) is 2.95. The predicted molar refractivity (Wildman–Crippen MR) is 161 cm³/mol. The molecule has 0 saturated carbocycles. The van der Waals surface area contributed by atoms with Crippen LogP contribution in [-0.4, -0.2) is 59.3 Å². The quantitative estimate of drug-likeness (QED) is 0.178. The third kappa shape index (κ3) is 4.11. The molecule has 48 heavy (non-hydrogen) atoms. The number of epoxide rings is 1. The Balaban J connectivity index is 1.57. The number of carboxylic acids is 1. The van der Waals surface area contributed by atoms with E-state index in [0.29, 0.717) is 12.8 Å². The summed E-state index contributed by atoms with van der Waals surface area (Å²) in [7, 11) is 1.33. The summed E-state index contributed by atoms with van der Waals surface area (Å²) in [5.41, 5.74) is -3.73. The molecule has 13 heteroatoms. The van der Waals surface area contributed by atoms with Gasteiger partial charge in [0.1, 0.15) is 46.2 Å². The molecule has 4 bridgehead atoms. The SMILES string of the molecule is COC1=C(C(=O)O)CC23OC24c2cc(OC(C)=O)c5c(c2NC3C#CCCC#CC14)C(=O)c1c(OC(C)=O)ccc(OC(C)=O)c1C5=O. The fraction of sp³-hybridized carbons (Fsp3) is 0.314. The van der Waals surface area contributed by atoms with Crippen LogP contribution in [0.3, 0.4) is 0 Å². The van der Waals surface area contributed by atoms with E-state index in [-0.39, 0.29) is 68.5 Å². The van der Waals surface area contributed by atoms with Gasteiger partial charge in [0.05, 0.1) is 40.6 Å². The van der Waals surface area contributed by atoms with E-state index in [0.717, 1.165) is 20.8 Å². The Morgan fingerprint density at radius 3 is 1.96 bits per heavy atom. The molecular weight excluding hydrogens is 626 g/mol. The first-order chi connectivity index (χ1) is 22.9. The molecule has 0 amide bonds. The highest BCUT2D eigenvalue weighted by molar-refractivity contribution is 6.33. The van der Waals surface area contributed by atoms with Crippen molar-refractivity contribution in [3.05, 3.63) is 57.3 Å². The van der Waals surface area contributed by atoms with Crippen LogP contribution in [0, 0.1) is 29.6 Å². The second-order valence-corrected chi connectivity index (χ2v) is 11.7. The molecule has 2 aromatic carbocycles. The van der Waals surface area contributed by atoms with Gasteiger partial charge in [-0.3, -0.25) is 24.0 Å². The minimum atomic E-state index is -1.45. The Bertz CT molecular complexity index is 2120. The molecule has 7 rings (SSSR count). The maximum Gasteiger partial charge on any atom is 0.335 e. The van der Waals surface area contributed by atoms with Crippen LogP contribution >= 0.6 is 0 Å². The zero-order chi connectivity index (χ0) is 34.3. The van der Waals surface area contributed by atoms with Gasteiger partial charge in [0.15, 0.2) is 0 Å². The number of fused-ring (bicyclic) bond motifs is 4. The molecule has 242 valence electrons.